The van der Waals surface area contributed by atoms with Crippen molar-refractivity contribution < 1.29 is 14.1 Å². The second-order valence-electron chi connectivity index (χ2n) is 3.35. The van der Waals surface area contributed by atoms with Gasteiger partial charge < -0.3 is 11.1 Å². The molecule has 1 amide bonds. The lowest BCUT2D eigenvalue weighted by Crippen LogP contribution is -2.26. The molecule has 0 aliphatic rings. The van der Waals surface area contributed by atoms with Crippen LogP contribution in [0.15, 0.2) is 18.2 Å². The van der Waals surface area contributed by atoms with E-state index in [4.69, 9.17) is 5.73 Å². The molecule has 0 atom stereocenters. The predicted octanol–water partition coefficient (Wildman–Crippen LogP) is 0.812. The van der Waals surface area contributed by atoms with Crippen molar-refractivity contribution in [2.75, 3.05) is 13.1 Å². The molecule has 0 bridgehead atoms. The molecule has 1 aromatic rings. The van der Waals surface area contributed by atoms with Gasteiger partial charge in [0.15, 0.2) is 0 Å². The van der Waals surface area contributed by atoms with Crippen LogP contribution in [0.25, 0.3) is 0 Å². The van der Waals surface area contributed by atoms with Crippen molar-refractivity contribution in [1.82, 2.24) is 5.32 Å². The van der Waals surface area contributed by atoms with Gasteiger partial charge in [0.25, 0.3) is 11.6 Å². The Labute approximate surface area is 96.8 Å². The fourth-order valence-electron chi connectivity index (χ4n) is 1.22. The molecule has 0 saturated carbocycles. The molecule has 6 nitrogen and oxygen atoms in total. The van der Waals surface area contributed by atoms with Gasteiger partial charge in [-0.25, -0.2) is 4.39 Å². The van der Waals surface area contributed by atoms with Gasteiger partial charge in [-0.05, 0) is 19.0 Å². The number of amides is 1. The van der Waals surface area contributed by atoms with E-state index in [1.54, 1.807) is 0 Å². The highest BCUT2D eigenvalue weighted by Crippen LogP contribution is 2.16. The van der Waals surface area contributed by atoms with Crippen molar-refractivity contribution in [1.29, 1.82) is 0 Å². The second-order valence-corrected chi connectivity index (χ2v) is 3.35. The van der Waals surface area contributed by atoms with Crippen LogP contribution in [-0.2, 0) is 0 Å². The molecule has 0 aliphatic carbocycles. The largest absolute Gasteiger partial charge is 0.352 e. The monoisotopic (exact) mass is 241 g/mol. The number of benzene rings is 1. The van der Waals surface area contributed by atoms with E-state index in [-0.39, 0.29) is 5.56 Å². The average molecular weight is 241 g/mol. The Hall–Kier alpha value is -2.02. The number of carbonyl (C=O) groups excluding carboxylic acids is 1. The number of hydrogen-bond donors (Lipinski definition) is 2. The number of nitrogens with one attached hydrogen (secondary N) is 1. The van der Waals surface area contributed by atoms with Gasteiger partial charge in [-0.15, -0.1) is 0 Å². The van der Waals surface area contributed by atoms with Crippen LogP contribution in [0.3, 0.4) is 0 Å². The first-order valence-corrected chi connectivity index (χ1v) is 4.98. The minimum absolute atomic E-state index is 0.0753. The lowest BCUT2D eigenvalue weighted by Gasteiger charge is -2.04. The summed E-state index contributed by atoms with van der Waals surface area (Å²) in [5.41, 5.74) is 4.72. The zero-order valence-electron chi connectivity index (χ0n) is 8.98. The second kappa shape index (κ2) is 5.90. The predicted molar refractivity (Wildman–Crippen MR) is 59.1 cm³/mol. The van der Waals surface area contributed by atoms with Crippen molar-refractivity contribution in [2.24, 2.45) is 5.73 Å². The lowest BCUT2D eigenvalue weighted by molar-refractivity contribution is -0.385. The van der Waals surface area contributed by atoms with Crippen molar-refractivity contribution in [3.63, 3.8) is 0 Å². The first-order valence-electron chi connectivity index (χ1n) is 4.98. The van der Waals surface area contributed by atoms with E-state index in [1.165, 1.54) is 0 Å². The summed E-state index contributed by atoms with van der Waals surface area (Å²) in [7, 11) is 0. The molecule has 17 heavy (non-hydrogen) atoms. The quantitative estimate of drug-likeness (QED) is 0.452. The molecule has 92 valence electrons. The molecule has 0 aliphatic heterocycles. The zero-order valence-corrected chi connectivity index (χ0v) is 8.98. The van der Waals surface area contributed by atoms with Gasteiger partial charge in [-0.1, -0.05) is 0 Å². The van der Waals surface area contributed by atoms with Crippen molar-refractivity contribution in [3.05, 3.63) is 39.7 Å². The van der Waals surface area contributed by atoms with E-state index in [9.17, 15) is 19.3 Å². The minimum atomic E-state index is -0.817. The molecule has 0 aromatic heterocycles. The highest BCUT2D eigenvalue weighted by molar-refractivity contribution is 5.94. The molecule has 3 N–H and O–H groups in total. The number of nitrogens with zero attached hydrogens (tertiary/aromatic N) is 1. The number of nitrogens with two attached hydrogens (primary N) is 1. The van der Waals surface area contributed by atoms with E-state index in [2.05, 4.69) is 5.32 Å². The summed E-state index contributed by atoms with van der Waals surface area (Å²) < 4.78 is 13.0. The summed E-state index contributed by atoms with van der Waals surface area (Å²) in [6.07, 6.45) is 0.586. The number of nitro benzene ring substituents is 1. The number of rotatable bonds is 5. The normalized spacial score (nSPS) is 10.0. The van der Waals surface area contributed by atoms with Gasteiger partial charge in [-0.2, -0.15) is 0 Å². The Morgan fingerprint density at radius 1 is 1.47 bits per heavy atom. The molecule has 0 unspecified atom stereocenters. The van der Waals surface area contributed by atoms with Crippen LogP contribution in [0.5, 0.6) is 0 Å². The van der Waals surface area contributed by atoms with Crippen LogP contribution >= 0.6 is 0 Å². The maximum absolute atomic E-state index is 13.0. The third-order valence-electron chi connectivity index (χ3n) is 2.02. The van der Waals surface area contributed by atoms with Gasteiger partial charge in [0.05, 0.1) is 11.0 Å². The topological polar surface area (TPSA) is 98.3 Å². The lowest BCUT2D eigenvalue weighted by atomic mass is 10.2. The molecule has 0 heterocycles. The number of hydrogen-bond acceptors (Lipinski definition) is 4. The highest BCUT2D eigenvalue weighted by Gasteiger charge is 2.14. The maximum atomic E-state index is 13.0. The SMILES string of the molecule is NCCCNC(=O)c1cc(F)cc([N+](=O)[O-])c1. The van der Waals surface area contributed by atoms with Crippen LogP contribution in [0.1, 0.15) is 16.8 Å². The molecule has 0 saturated heterocycles. The standard InChI is InChI=1S/C10H12FN3O3/c11-8-4-7(5-9(6-8)14(16)17)10(15)13-3-1-2-12/h4-6H,1-3,12H2,(H,13,15). The molecule has 0 radical (unpaired) electrons. The van der Waals surface area contributed by atoms with Gasteiger partial charge in [0, 0.05) is 18.2 Å². The van der Waals surface area contributed by atoms with Crippen LogP contribution in [0.2, 0.25) is 0 Å². The summed E-state index contributed by atoms with van der Waals surface area (Å²) in [5, 5.41) is 13.0. The van der Waals surface area contributed by atoms with Crippen LogP contribution < -0.4 is 11.1 Å². The van der Waals surface area contributed by atoms with Crippen LogP contribution in [-0.4, -0.2) is 23.9 Å². The third kappa shape index (κ3) is 3.80. The Morgan fingerprint density at radius 2 is 2.18 bits per heavy atom. The fourth-order valence-corrected chi connectivity index (χ4v) is 1.22. The molecule has 1 rings (SSSR count). The molecule has 1 aromatic carbocycles. The molecule has 0 spiro atoms. The number of non-ortho nitro benzene ring substituents is 1. The number of nitro groups is 1. The van der Waals surface area contributed by atoms with Crippen LogP contribution in [0, 0.1) is 15.9 Å². The van der Waals surface area contributed by atoms with Gasteiger partial charge in [0.2, 0.25) is 0 Å². The zero-order chi connectivity index (χ0) is 12.8. The van der Waals surface area contributed by atoms with E-state index >= 15 is 0 Å². The average Bonchev–Trinajstić information content (AvgIpc) is 2.28. The van der Waals surface area contributed by atoms with Gasteiger partial charge in [0.1, 0.15) is 5.82 Å². The van der Waals surface area contributed by atoms with Crippen molar-refractivity contribution >= 4 is 11.6 Å². The molecule has 0 fully saturated rings. The van der Waals surface area contributed by atoms with Crippen LogP contribution in [0.4, 0.5) is 10.1 Å². The highest BCUT2D eigenvalue weighted by atomic mass is 19.1. The number of carbonyl (C=O) groups is 1. The summed E-state index contributed by atoms with van der Waals surface area (Å²) in [6, 6.07) is 2.74. The van der Waals surface area contributed by atoms with E-state index in [1.807, 2.05) is 0 Å². The van der Waals surface area contributed by atoms with E-state index in [0.29, 0.717) is 19.5 Å². The van der Waals surface area contributed by atoms with E-state index in [0.717, 1.165) is 18.2 Å². The first kappa shape index (κ1) is 13.0. The molecular weight excluding hydrogens is 229 g/mol. The van der Waals surface area contributed by atoms with E-state index < -0.39 is 22.3 Å². The Kier molecular flexibility index (Phi) is 4.53. The smallest absolute Gasteiger partial charge is 0.273 e. The molecule has 7 heteroatoms. The first-order chi connectivity index (χ1) is 8.04. The fraction of sp³-hybridized carbons (Fsp3) is 0.300. The third-order valence-corrected chi connectivity index (χ3v) is 2.02. The summed E-state index contributed by atoms with van der Waals surface area (Å²) in [4.78, 5) is 21.2. The minimum Gasteiger partial charge on any atom is -0.352 e. The maximum Gasteiger partial charge on any atom is 0.273 e. The van der Waals surface area contributed by atoms with Crippen molar-refractivity contribution in [3.8, 4) is 0 Å². The summed E-state index contributed by atoms with van der Waals surface area (Å²) in [6.45, 7) is 0.767. The summed E-state index contributed by atoms with van der Waals surface area (Å²) >= 11 is 0. The Morgan fingerprint density at radius 3 is 2.76 bits per heavy atom. The molecular formula is C10H12FN3O3. The number of halogens is 1. The Bertz CT molecular complexity index is 437. The summed E-state index contributed by atoms with van der Waals surface area (Å²) in [5.74, 6) is -1.37. The van der Waals surface area contributed by atoms with Crippen molar-refractivity contribution in [2.45, 2.75) is 6.42 Å². The van der Waals surface area contributed by atoms with Gasteiger partial charge >= 0.3 is 0 Å². The Balaban J connectivity index is 2.82. The van der Waals surface area contributed by atoms with Gasteiger partial charge in [-0.3, -0.25) is 14.9 Å².